The average Bonchev–Trinajstić information content (AvgIpc) is 1.87. The average molecular weight is 163 g/mol. The predicted molar refractivity (Wildman–Crippen MR) is 40.4 cm³/mol. The molecule has 0 heterocycles. The van der Waals surface area contributed by atoms with Crippen LogP contribution in [0.4, 0.5) is 0 Å². The molecule has 10 heavy (non-hydrogen) atoms. The van der Waals surface area contributed by atoms with Gasteiger partial charge in [-0.2, -0.15) is 12.8 Å². The summed E-state index contributed by atoms with van der Waals surface area (Å²) in [6, 6.07) is 0. The fourth-order valence-electron chi connectivity index (χ4n) is 0.678. The summed E-state index contributed by atoms with van der Waals surface area (Å²) in [6.07, 6.45) is 4.31. The van der Waals surface area contributed by atoms with Gasteiger partial charge in [-0.25, -0.2) is 0 Å². The minimum absolute atomic E-state index is 0.454. The van der Waals surface area contributed by atoms with Gasteiger partial charge < -0.3 is 0 Å². The Balaban J connectivity index is 3.14. The second kappa shape index (κ2) is 6.74. The SMILES string of the molecule is CCCCCCN=S(=O)=O. The van der Waals surface area contributed by atoms with Gasteiger partial charge in [0, 0.05) is 0 Å². The van der Waals surface area contributed by atoms with Gasteiger partial charge in [0.05, 0.1) is 6.54 Å². The van der Waals surface area contributed by atoms with E-state index in [0.29, 0.717) is 6.54 Å². The number of hydrogen-bond donors (Lipinski definition) is 0. The summed E-state index contributed by atoms with van der Waals surface area (Å²) < 4.78 is 23.0. The zero-order valence-corrected chi connectivity index (χ0v) is 7.02. The van der Waals surface area contributed by atoms with Crippen LogP contribution >= 0.6 is 0 Å². The maximum Gasteiger partial charge on any atom is 0.311 e. The van der Waals surface area contributed by atoms with Crippen molar-refractivity contribution in [2.75, 3.05) is 6.54 Å². The molecule has 0 fully saturated rings. The van der Waals surface area contributed by atoms with Gasteiger partial charge in [0.25, 0.3) is 0 Å². The molecule has 60 valence electrons. The van der Waals surface area contributed by atoms with Gasteiger partial charge in [0.2, 0.25) is 0 Å². The molecule has 0 saturated carbocycles. The second-order valence-corrected chi connectivity index (χ2v) is 2.82. The summed E-state index contributed by atoms with van der Waals surface area (Å²) in [7, 11) is -2.20. The van der Waals surface area contributed by atoms with Crippen molar-refractivity contribution in [3.05, 3.63) is 0 Å². The lowest BCUT2D eigenvalue weighted by atomic mass is 10.2. The molecule has 0 aliphatic heterocycles. The minimum Gasteiger partial charge on any atom is -0.172 e. The Morgan fingerprint density at radius 2 is 1.90 bits per heavy atom. The van der Waals surface area contributed by atoms with Crippen molar-refractivity contribution in [1.82, 2.24) is 0 Å². The molecule has 0 aromatic heterocycles. The van der Waals surface area contributed by atoms with Crippen molar-refractivity contribution < 1.29 is 8.42 Å². The van der Waals surface area contributed by atoms with Crippen LogP contribution in [0.15, 0.2) is 4.36 Å². The van der Waals surface area contributed by atoms with E-state index in [1.54, 1.807) is 0 Å². The Morgan fingerprint density at radius 3 is 2.40 bits per heavy atom. The van der Waals surface area contributed by atoms with Crippen molar-refractivity contribution in [1.29, 1.82) is 0 Å². The van der Waals surface area contributed by atoms with Gasteiger partial charge in [-0.05, 0) is 6.42 Å². The van der Waals surface area contributed by atoms with Crippen LogP contribution in [-0.2, 0) is 10.5 Å². The second-order valence-electron chi connectivity index (χ2n) is 2.13. The van der Waals surface area contributed by atoms with E-state index in [-0.39, 0.29) is 0 Å². The monoisotopic (exact) mass is 163 g/mol. The maximum absolute atomic E-state index is 9.87. The third-order valence-electron chi connectivity index (χ3n) is 1.21. The molecule has 0 radical (unpaired) electrons. The number of rotatable bonds is 5. The highest BCUT2D eigenvalue weighted by Crippen LogP contribution is 1.97. The predicted octanol–water partition coefficient (Wildman–Crippen LogP) is 1.63. The molecular formula is C6H13NO2S. The van der Waals surface area contributed by atoms with E-state index in [0.717, 1.165) is 12.8 Å². The van der Waals surface area contributed by atoms with E-state index in [1.165, 1.54) is 12.8 Å². The van der Waals surface area contributed by atoms with Crippen molar-refractivity contribution in [2.45, 2.75) is 32.6 Å². The largest absolute Gasteiger partial charge is 0.311 e. The molecule has 0 aromatic carbocycles. The van der Waals surface area contributed by atoms with Crippen LogP contribution in [0.1, 0.15) is 32.6 Å². The van der Waals surface area contributed by atoms with E-state index < -0.39 is 10.5 Å². The smallest absolute Gasteiger partial charge is 0.172 e. The topological polar surface area (TPSA) is 46.5 Å². The zero-order chi connectivity index (χ0) is 7.82. The number of nitrogens with zero attached hydrogens (tertiary/aromatic N) is 1. The standard InChI is InChI=1S/C6H13NO2S/c1-2-3-4-5-6-7-10(8)9/h2-6H2,1H3. The van der Waals surface area contributed by atoms with Crippen LogP contribution in [-0.4, -0.2) is 15.0 Å². The quantitative estimate of drug-likeness (QED) is 0.578. The molecule has 3 nitrogen and oxygen atoms in total. The summed E-state index contributed by atoms with van der Waals surface area (Å²) in [4.78, 5) is 0. The van der Waals surface area contributed by atoms with E-state index in [4.69, 9.17) is 0 Å². The summed E-state index contributed by atoms with van der Waals surface area (Å²) in [5.41, 5.74) is 0. The highest BCUT2D eigenvalue weighted by molar-refractivity contribution is 7.61. The molecule has 0 bridgehead atoms. The van der Waals surface area contributed by atoms with Crippen LogP contribution in [0.25, 0.3) is 0 Å². The molecule has 0 unspecified atom stereocenters. The number of unbranched alkanes of at least 4 members (excludes halogenated alkanes) is 3. The highest BCUT2D eigenvalue weighted by atomic mass is 32.2. The van der Waals surface area contributed by atoms with Gasteiger partial charge >= 0.3 is 10.5 Å². The first-order chi connectivity index (χ1) is 4.77. The van der Waals surface area contributed by atoms with Crippen LogP contribution in [0, 0.1) is 0 Å². The van der Waals surface area contributed by atoms with Crippen molar-refractivity contribution in [2.24, 2.45) is 4.36 Å². The Hall–Kier alpha value is -0.380. The number of hydrogen-bond acceptors (Lipinski definition) is 3. The molecule has 0 aromatic rings. The lowest BCUT2D eigenvalue weighted by Crippen LogP contribution is -1.80. The van der Waals surface area contributed by atoms with Gasteiger partial charge in [-0.15, -0.1) is 0 Å². The first-order valence-corrected chi connectivity index (χ1v) is 4.57. The van der Waals surface area contributed by atoms with Crippen LogP contribution < -0.4 is 0 Å². The Morgan fingerprint density at radius 1 is 1.20 bits per heavy atom. The Bertz CT molecular complexity index is 176. The van der Waals surface area contributed by atoms with E-state index in [1.807, 2.05) is 0 Å². The fourth-order valence-corrected chi connectivity index (χ4v) is 0.956. The minimum atomic E-state index is -2.20. The molecule has 0 aliphatic rings. The summed E-state index contributed by atoms with van der Waals surface area (Å²) in [5.74, 6) is 0. The zero-order valence-electron chi connectivity index (χ0n) is 6.21. The highest BCUT2D eigenvalue weighted by Gasteiger charge is 1.84. The molecule has 0 N–H and O–H groups in total. The summed E-state index contributed by atoms with van der Waals surface area (Å²) in [6.45, 7) is 2.57. The maximum atomic E-state index is 9.87. The van der Waals surface area contributed by atoms with Gasteiger partial charge in [0.15, 0.2) is 0 Å². The lowest BCUT2D eigenvalue weighted by molar-refractivity contribution is 0.616. The first kappa shape index (κ1) is 9.62. The van der Waals surface area contributed by atoms with Gasteiger partial charge in [-0.3, -0.25) is 0 Å². The Labute approximate surface area is 63.2 Å². The Kier molecular flexibility index (Phi) is 6.48. The molecule has 0 aliphatic carbocycles. The van der Waals surface area contributed by atoms with Crippen LogP contribution in [0.5, 0.6) is 0 Å². The van der Waals surface area contributed by atoms with Crippen LogP contribution in [0.3, 0.4) is 0 Å². The van der Waals surface area contributed by atoms with E-state index >= 15 is 0 Å². The first-order valence-electron chi connectivity index (χ1n) is 3.54. The van der Waals surface area contributed by atoms with E-state index in [9.17, 15) is 8.42 Å². The van der Waals surface area contributed by atoms with Crippen molar-refractivity contribution in [3.8, 4) is 0 Å². The molecule has 4 heteroatoms. The summed E-state index contributed by atoms with van der Waals surface area (Å²) in [5, 5.41) is 0. The molecule has 0 saturated heterocycles. The van der Waals surface area contributed by atoms with Crippen LogP contribution in [0.2, 0.25) is 0 Å². The van der Waals surface area contributed by atoms with Gasteiger partial charge in [-0.1, -0.05) is 26.2 Å². The third-order valence-corrected chi connectivity index (χ3v) is 1.60. The lowest BCUT2D eigenvalue weighted by Gasteiger charge is -1.90. The third kappa shape index (κ3) is 7.62. The molecule has 0 amide bonds. The van der Waals surface area contributed by atoms with E-state index in [2.05, 4.69) is 11.3 Å². The fraction of sp³-hybridized carbons (Fsp3) is 1.00. The molecule has 0 spiro atoms. The molecule has 0 atom stereocenters. The summed E-state index contributed by atoms with van der Waals surface area (Å²) >= 11 is 0. The molecule has 0 rings (SSSR count). The normalized spacial score (nSPS) is 9.30. The van der Waals surface area contributed by atoms with Crippen molar-refractivity contribution >= 4 is 10.5 Å². The van der Waals surface area contributed by atoms with Gasteiger partial charge in [0.1, 0.15) is 0 Å². The van der Waals surface area contributed by atoms with Crippen molar-refractivity contribution in [3.63, 3.8) is 0 Å². The molecular weight excluding hydrogens is 150 g/mol.